The molecule has 0 aliphatic heterocycles. The molecule has 2 N–H and O–H groups in total. The summed E-state index contributed by atoms with van der Waals surface area (Å²) in [6.07, 6.45) is 0. The minimum absolute atomic E-state index is 0.473. The average molecular weight is 323 g/mol. The minimum atomic E-state index is 0.473. The van der Waals surface area contributed by atoms with Crippen LogP contribution in [0.4, 0.5) is 17.5 Å². The molecule has 7 heteroatoms. The van der Waals surface area contributed by atoms with Gasteiger partial charge in [0.1, 0.15) is 11.6 Å². The molecule has 1 aromatic heterocycles. The van der Waals surface area contributed by atoms with Crippen LogP contribution in [0.15, 0.2) is 24.3 Å². The summed E-state index contributed by atoms with van der Waals surface area (Å²) in [6, 6.07) is 7.19. The maximum Gasteiger partial charge on any atom is 0.229 e. The predicted octanol–water partition coefficient (Wildman–Crippen LogP) is 3.25. The molecular formula is C15H19ClN4O2. The Morgan fingerprint density at radius 2 is 2.00 bits per heavy atom. The van der Waals surface area contributed by atoms with Crippen LogP contribution in [-0.4, -0.2) is 37.3 Å². The lowest BCUT2D eigenvalue weighted by Crippen LogP contribution is -2.10. The summed E-state index contributed by atoms with van der Waals surface area (Å²) in [4.78, 5) is 8.79. The quantitative estimate of drug-likeness (QED) is 0.763. The first kappa shape index (κ1) is 16.3. The van der Waals surface area contributed by atoms with E-state index in [9.17, 15) is 0 Å². The summed E-state index contributed by atoms with van der Waals surface area (Å²) < 4.78 is 10.3. The molecule has 0 unspecified atom stereocenters. The Hall–Kier alpha value is -2.05. The lowest BCUT2D eigenvalue weighted by atomic mass is 10.3. The number of anilines is 3. The summed E-state index contributed by atoms with van der Waals surface area (Å²) in [5.41, 5.74) is 1.56. The average Bonchev–Trinajstić information content (AvgIpc) is 2.47. The maximum atomic E-state index is 6.02. The van der Waals surface area contributed by atoms with E-state index < -0.39 is 0 Å². The summed E-state index contributed by atoms with van der Waals surface area (Å²) >= 11 is 6.02. The van der Waals surface area contributed by atoms with Crippen LogP contribution in [0.2, 0.25) is 5.02 Å². The molecule has 0 amide bonds. The van der Waals surface area contributed by atoms with E-state index in [2.05, 4.69) is 20.6 Å². The van der Waals surface area contributed by atoms with Crippen molar-refractivity contribution >= 4 is 29.1 Å². The molecule has 1 aromatic carbocycles. The molecule has 0 aliphatic rings. The van der Waals surface area contributed by atoms with E-state index in [1.807, 2.05) is 13.0 Å². The Kier molecular flexibility index (Phi) is 5.80. The highest BCUT2D eigenvalue weighted by Gasteiger charge is 2.07. The predicted molar refractivity (Wildman–Crippen MR) is 88.4 cm³/mol. The third-order valence-electron chi connectivity index (χ3n) is 2.87. The number of aromatic nitrogens is 2. The number of nitrogens with zero attached hydrogens (tertiary/aromatic N) is 2. The molecule has 0 radical (unpaired) electrons. The van der Waals surface area contributed by atoms with Gasteiger partial charge in [0.2, 0.25) is 5.95 Å². The van der Waals surface area contributed by atoms with Crippen LogP contribution in [0.3, 0.4) is 0 Å². The standard InChI is InChI=1S/C15H19ClN4O2/c1-10-8-14(17-6-7-21-2)20-15(18-10)19-12-9-11(16)4-5-13(12)22-3/h4-5,8-9H,6-7H2,1-3H3,(H2,17,18,19,20). The molecule has 0 bridgehead atoms. The monoisotopic (exact) mass is 322 g/mol. The number of ether oxygens (including phenoxy) is 2. The van der Waals surface area contributed by atoms with Crippen molar-refractivity contribution in [2.24, 2.45) is 0 Å². The molecule has 1 heterocycles. The van der Waals surface area contributed by atoms with E-state index in [1.165, 1.54) is 0 Å². The van der Waals surface area contributed by atoms with Crippen LogP contribution in [0.1, 0.15) is 5.69 Å². The van der Waals surface area contributed by atoms with E-state index in [4.69, 9.17) is 21.1 Å². The lowest BCUT2D eigenvalue weighted by molar-refractivity contribution is 0.210. The Balaban J connectivity index is 2.20. The number of halogens is 1. The van der Waals surface area contributed by atoms with Crippen molar-refractivity contribution in [1.29, 1.82) is 0 Å². The molecule has 2 rings (SSSR count). The highest BCUT2D eigenvalue weighted by atomic mass is 35.5. The van der Waals surface area contributed by atoms with E-state index in [-0.39, 0.29) is 0 Å². The van der Waals surface area contributed by atoms with Gasteiger partial charge in [0, 0.05) is 30.4 Å². The third kappa shape index (κ3) is 4.47. The van der Waals surface area contributed by atoms with E-state index >= 15 is 0 Å². The number of methoxy groups -OCH3 is 2. The number of nitrogens with one attached hydrogen (secondary N) is 2. The first-order valence-electron chi connectivity index (χ1n) is 6.81. The van der Waals surface area contributed by atoms with Gasteiger partial charge in [-0.05, 0) is 25.1 Å². The van der Waals surface area contributed by atoms with Crippen LogP contribution < -0.4 is 15.4 Å². The van der Waals surface area contributed by atoms with Crippen LogP contribution in [0.5, 0.6) is 5.75 Å². The molecule has 0 saturated heterocycles. The number of aryl methyl sites for hydroxylation is 1. The van der Waals surface area contributed by atoms with Gasteiger partial charge in [0.25, 0.3) is 0 Å². The van der Waals surface area contributed by atoms with Gasteiger partial charge in [-0.1, -0.05) is 11.6 Å². The van der Waals surface area contributed by atoms with Gasteiger partial charge in [-0.2, -0.15) is 4.98 Å². The van der Waals surface area contributed by atoms with Gasteiger partial charge >= 0.3 is 0 Å². The van der Waals surface area contributed by atoms with Crippen molar-refractivity contribution in [3.8, 4) is 5.75 Å². The number of rotatable bonds is 7. The fourth-order valence-electron chi connectivity index (χ4n) is 1.89. The SMILES string of the molecule is COCCNc1cc(C)nc(Nc2cc(Cl)ccc2OC)n1. The zero-order valence-corrected chi connectivity index (χ0v) is 13.6. The van der Waals surface area contributed by atoms with Gasteiger partial charge in [0.15, 0.2) is 0 Å². The van der Waals surface area contributed by atoms with Gasteiger partial charge in [0.05, 0.1) is 19.4 Å². The molecule has 2 aromatic rings. The minimum Gasteiger partial charge on any atom is -0.495 e. The zero-order chi connectivity index (χ0) is 15.9. The summed E-state index contributed by atoms with van der Waals surface area (Å²) in [5, 5.41) is 6.92. The summed E-state index contributed by atoms with van der Waals surface area (Å²) in [6.45, 7) is 3.18. The molecule has 6 nitrogen and oxygen atoms in total. The fourth-order valence-corrected chi connectivity index (χ4v) is 2.07. The van der Waals surface area contributed by atoms with Crippen LogP contribution in [-0.2, 0) is 4.74 Å². The molecule has 22 heavy (non-hydrogen) atoms. The number of hydrogen-bond acceptors (Lipinski definition) is 6. The van der Waals surface area contributed by atoms with Crippen molar-refractivity contribution in [2.75, 3.05) is 38.0 Å². The Labute approximate surface area is 134 Å². The van der Waals surface area contributed by atoms with Crippen LogP contribution >= 0.6 is 11.6 Å². The Morgan fingerprint density at radius 1 is 1.18 bits per heavy atom. The molecule has 0 saturated carbocycles. The van der Waals surface area contributed by atoms with Crippen LogP contribution in [0, 0.1) is 6.92 Å². The molecule has 0 aliphatic carbocycles. The van der Waals surface area contributed by atoms with E-state index in [0.717, 1.165) is 11.5 Å². The fraction of sp³-hybridized carbons (Fsp3) is 0.333. The second-order valence-electron chi connectivity index (χ2n) is 4.61. The largest absolute Gasteiger partial charge is 0.495 e. The Bertz CT molecular complexity index is 637. The van der Waals surface area contributed by atoms with Crippen molar-refractivity contribution in [1.82, 2.24) is 9.97 Å². The first-order chi connectivity index (χ1) is 10.6. The van der Waals surface area contributed by atoms with E-state index in [0.29, 0.717) is 35.6 Å². The molecule has 0 spiro atoms. The summed E-state index contributed by atoms with van der Waals surface area (Å²) in [7, 11) is 3.26. The van der Waals surface area contributed by atoms with Gasteiger partial charge < -0.3 is 20.1 Å². The second-order valence-corrected chi connectivity index (χ2v) is 5.04. The van der Waals surface area contributed by atoms with E-state index in [1.54, 1.807) is 32.4 Å². The number of hydrogen-bond donors (Lipinski definition) is 2. The first-order valence-corrected chi connectivity index (χ1v) is 7.19. The second kappa shape index (κ2) is 7.82. The zero-order valence-electron chi connectivity index (χ0n) is 12.8. The normalized spacial score (nSPS) is 10.4. The van der Waals surface area contributed by atoms with Gasteiger partial charge in [-0.25, -0.2) is 4.98 Å². The third-order valence-corrected chi connectivity index (χ3v) is 3.11. The molecule has 0 atom stereocenters. The summed E-state index contributed by atoms with van der Waals surface area (Å²) in [5.74, 6) is 1.87. The molecular weight excluding hydrogens is 304 g/mol. The molecule has 118 valence electrons. The smallest absolute Gasteiger partial charge is 0.229 e. The molecule has 0 fully saturated rings. The lowest BCUT2D eigenvalue weighted by Gasteiger charge is -2.12. The van der Waals surface area contributed by atoms with Gasteiger partial charge in [-0.15, -0.1) is 0 Å². The van der Waals surface area contributed by atoms with Crippen molar-refractivity contribution < 1.29 is 9.47 Å². The van der Waals surface area contributed by atoms with Crippen molar-refractivity contribution in [3.63, 3.8) is 0 Å². The van der Waals surface area contributed by atoms with Crippen molar-refractivity contribution in [3.05, 3.63) is 35.0 Å². The van der Waals surface area contributed by atoms with Gasteiger partial charge in [-0.3, -0.25) is 0 Å². The maximum absolute atomic E-state index is 6.02. The van der Waals surface area contributed by atoms with Crippen molar-refractivity contribution in [2.45, 2.75) is 6.92 Å². The highest BCUT2D eigenvalue weighted by molar-refractivity contribution is 6.30. The topological polar surface area (TPSA) is 68.3 Å². The highest BCUT2D eigenvalue weighted by Crippen LogP contribution is 2.29. The van der Waals surface area contributed by atoms with Crippen LogP contribution in [0.25, 0.3) is 0 Å². The number of benzene rings is 1. The Morgan fingerprint density at radius 3 is 2.73 bits per heavy atom.